The monoisotopic (exact) mass is 264 g/mol. The van der Waals surface area contributed by atoms with Gasteiger partial charge in [-0.2, -0.15) is 0 Å². The van der Waals surface area contributed by atoms with E-state index in [-0.39, 0.29) is 0 Å². The number of phenols is 1. The van der Waals surface area contributed by atoms with E-state index in [1.807, 2.05) is 0 Å². The summed E-state index contributed by atoms with van der Waals surface area (Å²) in [6.45, 7) is 16.4. The summed E-state index contributed by atoms with van der Waals surface area (Å²) in [5.41, 5.74) is 3.53. The molecule has 0 radical (unpaired) electrons. The third kappa shape index (κ3) is 3.97. The van der Waals surface area contributed by atoms with Crippen molar-refractivity contribution >= 4 is 0 Å². The molecule has 0 unspecified atom stereocenters. The van der Waals surface area contributed by atoms with Gasteiger partial charge >= 0.3 is 0 Å². The second-order valence-corrected chi connectivity index (χ2v) is 6.07. The van der Waals surface area contributed by atoms with Gasteiger partial charge in [0, 0.05) is 5.56 Å². The molecular weight excluding hydrogens is 234 g/mol. The van der Waals surface area contributed by atoms with E-state index >= 15 is 0 Å². The Kier molecular flexibility index (Phi) is 5.86. The Labute approximate surface area is 118 Å². The first kappa shape index (κ1) is 16.0. The lowest BCUT2D eigenvalue weighted by Gasteiger charge is -2.20. The fraction of sp³-hybridized carbons (Fsp3) is 0.647. The lowest BCUT2D eigenvalue weighted by molar-refractivity contribution is -0.910. The van der Waals surface area contributed by atoms with Gasteiger partial charge in [0.25, 0.3) is 0 Å². The number of phenolic OH excluding ortho intramolecular Hbond substituents is 1. The average Bonchev–Trinajstić information content (AvgIpc) is 2.36. The van der Waals surface area contributed by atoms with Gasteiger partial charge in [-0.25, -0.2) is 0 Å². The van der Waals surface area contributed by atoms with E-state index in [0.29, 0.717) is 17.6 Å². The number of quaternary nitrogens is 1. The Morgan fingerprint density at radius 1 is 0.947 bits per heavy atom. The van der Waals surface area contributed by atoms with Gasteiger partial charge in [0.15, 0.2) is 0 Å². The van der Waals surface area contributed by atoms with Crippen LogP contribution in [0.5, 0.6) is 5.75 Å². The minimum atomic E-state index is 0.365. The Balaban J connectivity index is 3.18. The fourth-order valence-electron chi connectivity index (χ4n) is 2.52. The Morgan fingerprint density at radius 3 is 1.68 bits per heavy atom. The van der Waals surface area contributed by atoms with Gasteiger partial charge in [-0.3, -0.25) is 0 Å². The van der Waals surface area contributed by atoms with Crippen molar-refractivity contribution in [2.75, 3.05) is 13.1 Å². The molecule has 0 aliphatic rings. The van der Waals surface area contributed by atoms with Crippen molar-refractivity contribution in [3.8, 4) is 5.75 Å². The van der Waals surface area contributed by atoms with Crippen molar-refractivity contribution in [2.45, 2.75) is 59.9 Å². The van der Waals surface area contributed by atoms with E-state index in [0.717, 1.165) is 30.8 Å². The number of nitrogens with one attached hydrogen (secondary N) is 1. The van der Waals surface area contributed by atoms with Crippen LogP contribution in [0.25, 0.3) is 0 Å². The van der Waals surface area contributed by atoms with Crippen molar-refractivity contribution < 1.29 is 10.0 Å². The molecule has 0 fully saturated rings. The Bertz CT molecular complexity index is 377. The first-order valence-electron chi connectivity index (χ1n) is 7.59. The van der Waals surface area contributed by atoms with E-state index in [9.17, 15) is 5.11 Å². The van der Waals surface area contributed by atoms with E-state index in [4.69, 9.17) is 0 Å². The lowest BCUT2D eigenvalue weighted by Crippen LogP contribution is -3.10. The van der Waals surface area contributed by atoms with Crippen LogP contribution in [0.2, 0.25) is 0 Å². The topological polar surface area (TPSA) is 24.7 Å². The summed E-state index contributed by atoms with van der Waals surface area (Å²) in [5.74, 6) is 1.23. The minimum absolute atomic E-state index is 0.365. The summed E-state index contributed by atoms with van der Waals surface area (Å²) in [6.07, 6.45) is 0. The van der Waals surface area contributed by atoms with Crippen molar-refractivity contribution in [1.82, 2.24) is 0 Å². The Hall–Kier alpha value is -1.02. The molecule has 0 atom stereocenters. The standard InChI is InChI=1S/C17H29NO/c1-7-18(8-2)11-14-9-15(12(3)4)17(19)16(10-14)13(5)6/h9-10,12-13,19H,7-8,11H2,1-6H3/p+1. The summed E-state index contributed by atoms with van der Waals surface area (Å²) < 4.78 is 0. The largest absolute Gasteiger partial charge is 0.507 e. The molecule has 0 amide bonds. The highest BCUT2D eigenvalue weighted by Crippen LogP contribution is 2.34. The highest BCUT2D eigenvalue weighted by molar-refractivity contribution is 5.46. The summed E-state index contributed by atoms with van der Waals surface area (Å²) >= 11 is 0. The maximum Gasteiger partial charge on any atom is 0.122 e. The van der Waals surface area contributed by atoms with Crippen LogP contribution in [0, 0.1) is 0 Å². The first-order chi connectivity index (χ1) is 8.90. The molecular formula is C17H30NO+. The number of benzene rings is 1. The molecule has 1 aromatic rings. The smallest absolute Gasteiger partial charge is 0.122 e. The molecule has 0 bridgehead atoms. The van der Waals surface area contributed by atoms with Crippen LogP contribution in [0.4, 0.5) is 0 Å². The van der Waals surface area contributed by atoms with E-state index in [2.05, 4.69) is 53.7 Å². The zero-order valence-corrected chi connectivity index (χ0v) is 13.4. The molecule has 0 saturated carbocycles. The van der Waals surface area contributed by atoms with Crippen LogP contribution in [0.1, 0.15) is 70.1 Å². The predicted octanol–water partition coefficient (Wildman–Crippen LogP) is 3.06. The predicted molar refractivity (Wildman–Crippen MR) is 82.0 cm³/mol. The number of hydrogen-bond donors (Lipinski definition) is 2. The van der Waals surface area contributed by atoms with Gasteiger partial charge in [-0.05, 0) is 48.9 Å². The van der Waals surface area contributed by atoms with Crippen LogP contribution in [-0.4, -0.2) is 18.2 Å². The maximum atomic E-state index is 10.4. The second kappa shape index (κ2) is 6.95. The van der Waals surface area contributed by atoms with Crippen molar-refractivity contribution in [1.29, 1.82) is 0 Å². The lowest BCUT2D eigenvalue weighted by atomic mass is 9.91. The molecule has 0 aliphatic heterocycles. The van der Waals surface area contributed by atoms with Gasteiger partial charge < -0.3 is 10.0 Å². The van der Waals surface area contributed by atoms with Crippen LogP contribution < -0.4 is 4.90 Å². The van der Waals surface area contributed by atoms with Gasteiger partial charge in [-0.1, -0.05) is 27.7 Å². The fourth-order valence-corrected chi connectivity index (χ4v) is 2.52. The van der Waals surface area contributed by atoms with E-state index in [1.165, 1.54) is 5.56 Å². The Morgan fingerprint density at radius 2 is 1.37 bits per heavy atom. The molecule has 108 valence electrons. The van der Waals surface area contributed by atoms with Crippen molar-refractivity contribution in [3.63, 3.8) is 0 Å². The normalized spacial score (nSPS) is 11.8. The number of rotatable bonds is 6. The zero-order valence-electron chi connectivity index (χ0n) is 13.4. The summed E-state index contributed by atoms with van der Waals surface area (Å²) in [7, 11) is 0. The molecule has 2 nitrogen and oxygen atoms in total. The van der Waals surface area contributed by atoms with Crippen LogP contribution in [0.3, 0.4) is 0 Å². The second-order valence-electron chi connectivity index (χ2n) is 6.07. The third-order valence-corrected chi connectivity index (χ3v) is 3.93. The van der Waals surface area contributed by atoms with Gasteiger partial charge in [0.2, 0.25) is 0 Å². The van der Waals surface area contributed by atoms with E-state index < -0.39 is 0 Å². The molecule has 0 heterocycles. The molecule has 0 saturated heterocycles. The van der Waals surface area contributed by atoms with Crippen LogP contribution >= 0.6 is 0 Å². The molecule has 1 rings (SSSR count). The quantitative estimate of drug-likeness (QED) is 0.811. The highest BCUT2D eigenvalue weighted by atomic mass is 16.3. The molecule has 2 N–H and O–H groups in total. The molecule has 1 aromatic carbocycles. The summed E-state index contributed by atoms with van der Waals surface area (Å²) in [4.78, 5) is 1.58. The molecule has 19 heavy (non-hydrogen) atoms. The molecule has 2 heteroatoms. The van der Waals surface area contributed by atoms with Gasteiger partial charge in [-0.15, -0.1) is 0 Å². The zero-order chi connectivity index (χ0) is 14.6. The minimum Gasteiger partial charge on any atom is -0.507 e. The molecule has 0 aliphatic carbocycles. The van der Waals surface area contributed by atoms with Crippen molar-refractivity contribution in [3.05, 3.63) is 28.8 Å². The average molecular weight is 264 g/mol. The van der Waals surface area contributed by atoms with Gasteiger partial charge in [0.1, 0.15) is 12.3 Å². The van der Waals surface area contributed by atoms with E-state index in [1.54, 1.807) is 4.90 Å². The molecule has 0 aromatic heterocycles. The third-order valence-electron chi connectivity index (χ3n) is 3.93. The van der Waals surface area contributed by atoms with Crippen LogP contribution in [0.15, 0.2) is 12.1 Å². The first-order valence-corrected chi connectivity index (χ1v) is 7.59. The number of hydrogen-bond acceptors (Lipinski definition) is 1. The summed E-state index contributed by atoms with van der Waals surface area (Å²) in [5, 5.41) is 10.4. The SMILES string of the molecule is CC[NH+](CC)Cc1cc(C(C)C)c(O)c(C(C)C)c1. The number of aromatic hydroxyl groups is 1. The highest BCUT2D eigenvalue weighted by Gasteiger charge is 2.16. The maximum absolute atomic E-state index is 10.4. The van der Waals surface area contributed by atoms with Gasteiger partial charge in [0.05, 0.1) is 13.1 Å². The molecule has 0 spiro atoms. The van der Waals surface area contributed by atoms with Crippen molar-refractivity contribution in [2.24, 2.45) is 0 Å². The summed E-state index contributed by atoms with van der Waals surface area (Å²) in [6, 6.07) is 4.38. The van der Waals surface area contributed by atoms with Crippen LogP contribution in [-0.2, 0) is 6.54 Å².